The molecule has 0 atom stereocenters. The highest BCUT2D eigenvalue weighted by Gasteiger charge is 2.36. The fourth-order valence-corrected chi connectivity index (χ4v) is 4.77. The summed E-state index contributed by atoms with van der Waals surface area (Å²) in [5.41, 5.74) is 1.38. The van der Waals surface area contributed by atoms with Gasteiger partial charge in [0.05, 0.1) is 17.7 Å². The Labute approximate surface area is 232 Å². The summed E-state index contributed by atoms with van der Waals surface area (Å²) in [6.45, 7) is 4.10. The monoisotopic (exact) mass is 551 g/mol. The predicted molar refractivity (Wildman–Crippen MR) is 143 cm³/mol. The van der Waals surface area contributed by atoms with Crippen LogP contribution >= 0.6 is 0 Å². The van der Waals surface area contributed by atoms with Crippen LogP contribution in [0.5, 0.6) is 5.75 Å². The van der Waals surface area contributed by atoms with Crippen molar-refractivity contribution >= 4 is 29.8 Å². The lowest BCUT2D eigenvalue weighted by Gasteiger charge is -2.32. The number of nitrogens with zero attached hydrogens (tertiary/aromatic N) is 2. The Morgan fingerprint density at radius 2 is 1.62 bits per heavy atom. The zero-order valence-electron chi connectivity index (χ0n) is 22.6. The molecule has 4 amide bonds. The summed E-state index contributed by atoms with van der Waals surface area (Å²) in [5, 5.41) is 2.93. The number of hydrogen-bond acceptors (Lipinski definition) is 8. The Bertz CT molecular complexity index is 1270. The number of benzene rings is 2. The molecule has 2 aliphatic heterocycles. The molecule has 40 heavy (non-hydrogen) atoms. The highest BCUT2D eigenvalue weighted by Crippen LogP contribution is 2.26. The summed E-state index contributed by atoms with van der Waals surface area (Å²) >= 11 is 0. The van der Waals surface area contributed by atoms with Crippen LogP contribution in [-0.2, 0) is 9.47 Å². The minimum atomic E-state index is -0.801. The second-order valence-corrected chi connectivity index (χ2v) is 9.62. The minimum absolute atomic E-state index is 0.187. The first-order valence-corrected chi connectivity index (χ1v) is 13.3. The van der Waals surface area contributed by atoms with Gasteiger partial charge in [0.15, 0.2) is 0 Å². The zero-order chi connectivity index (χ0) is 28.6. The summed E-state index contributed by atoms with van der Waals surface area (Å²) < 4.78 is 14.7. The van der Waals surface area contributed by atoms with Crippen molar-refractivity contribution in [3.8, 4) is 5.75 Å². The molecule has 212 valence electrons. The molecule has 0 bridgehead atoms. The molecule has 2 heterocycles. The third-order valence-electron chi connectivity index (χ3n) is 6.98. The van der Waals surface area contributed by atoms with E-state index in [4.69, 9.17) is 14.2 Å². The van der Waals surface area contributed by atoms with Crippen molar-refractivity contribution in [2.45, 2.75) is 26.2 Å². The van der Waals surface area contributed by atoms with Crippen LogP contribution in [-0.4, -0.2) is 86.1 Å². The second kappa shape index (κ2) is 13.2. The van der Waals surface area contributed by atoms with Gasteiger partial charge in [0.25, 0.3) is 23.6 Å². The van der Waals surface area contributed by atoms with Crippen LogP contribution < -0.4 is 10.1 Å². The van der Waals surface area contributed by atoms with Crippen LogP contribution in [0.2, 0.25) is 0 Å². The van der Waals surface area contributed by atoms with Gasteiger partial charge in [-0.3, -0.25) is 24.1 Å². The number of likely N-dealkylation sites (tertiary alicyclic amines) is 1. The molecule has 4 rings (SSSR count). The van der Waals surface area contributed by atoms with E-state index in [0.717, 1.165) is 0 Å². The Hall–Kier alpha value is -4.25. The topological polar surface area (TPSA) is 132 Å². The summed E-state index contributed by atoms with van der Waals surface area (Å²) in [6, 6.07) is 10.9. The minimum Gasteiger partial charge on any atom is -0.434 e. The van der Waals surface area contributed by atoms with Crippen molar-refractivity contribution in [3.05, 3.63) is 64.7 Å². The molecule has 0 spiro atoms. The molecule has 0 aliphatic carbocycles. The Balaban J connectivity index is 1.25. The van der Waals surface area contributed by atoms with Gasteiger partial charge < -0.3 is 24.4 Å². The Kier molecular flexibility index (Phi) is 9.49. The molecular weight excluding hydrogens is 518 g/mol. The molecule has 1 saturated heterocycles. The van der Waals surface area contributed by atoms with E-state index in [9.17, 15) is 24.0 Å². The van der Waals surface area contributed by atoms with Gasteiger partial charge in [-0.15, -0.1) is 0 Å². The normalized spacial score (nSPS) is 15.2. The third kappa shape index (κ3) is 6.66. The fourth-order valence-electron chi connectivity index (χ4n) is 4.77. The first-order valence-electron chi connectivity index (χ1n) is 13.3. The van der Waals surface area contributed by atoms with Gasteiger partial charge in [0.1, 0.15) is 5.75 Å². The van der Waals surface area contributed by atoms with E-state index < -0.39 is 6.16 Å². The van der Waals surface area contributed by atoms with Crippen molar-refractivity contribution in [1.82, 2.24) is 15.1 Å². The molecule has 2 aromatic carbocycles. The van der Waals surface area contributed by atoms with Crippen LogP contribution in [0, 0.1) is 5.92 Å². The number of methoxy groups -OCH3 is 1. The molecule has 0 aromatic heterocycles. The molecule has 1 N–H and O–H groups in total. The molecule has 11 heteroatoms. The molecule has 11 nitrogen and oxygen atoms in total. The van der Waals surface area contributed by atoms with Crippen molar-refractivity contribution in [2.24, 2.45) is 5.92 Å². The largest absolute Gasteiger partial charge is 0.513 e. The summed E-state index contributed by atoms with van der Waals surface area (Å²) in [6.07, 6.45) is 1.17. The SMILES string of the molecule is CCOC(=O)Oc1ccc(C(=O)NCC2CCN(C(=O)c3ccc4c(c3)C(=O)N(CCCOC)C4=O)CC2)cc1. The quantitative estimate of drug-likeness (QED) is 0.206. The van der Waals surface area contributed by atoms with Gasteiger partial charge in [-0.1, -0.05) is 0 Å². The van der Waals surface area contributed by atoms with E-state index in [0.29, 0.717) is 62.2 Å². The summed E-state index contributed by atoms with van der Waals surface area (Å²) in [5.74, 6) is -0.673. The smallest absolute Gasteiger partial charge is 0.434 e. The number of carbonyl (C=O) groups is 5. The van der Waals surface area contributed by atoms with Gasteiger partial charge >= 0.3 is 6.16 Å². The first-order chi connectivity index (χ1) is 19.3. The van der Waals surface area contributed by atoms with Gasteiger partial charge in [-0.05, 0) is 74.6 Å². The van der Waals surface area contributed by atoms with Gasteiger partial charge in [-0.2, -0.15) is 0 Å². The standard InChI is InChI=1S/C29H33N3O8/c1-3-39-29(37)40-22-8-5-20(6-9-22)25(33)30-18-19-11-14-31(15-12-19)26(34)21-7-10-23-24(17-21)28(36)32(27(23)35)13-4-16-38-2/h5-10,17,19H,3-4,11-16,18H2,1-2H3,(H,30,33). The van der Waals surface area contributed by atoms with Crippen LogP contribution in [0.15, 0.2) is 42.5 Å². The second-order valence-electron chi connectivity index (χ2n) is 9.62. The lowest BCUT2D eigenvalue weighted by atomic mass is 9.95. The lowest BCUT2D eigenvalue weighted by molar-refractivity contribution is 0.0637. The van der Waals surface area contributed by atoms with Gasteiger partial charge in [0, 0.05) is 51.0 Å². The van der Waals surface area contributed by atoms with Crippen LogP contribution in [0.3, 0.4) is 0 Å². The Morgan fingerprint density at radius 3 is 2.30 bits per heavy atom. The molecule has 0 saturated carbocycles. The first kappa shape index (κ1) is 28.8. The van der Waals surface area contributed by atoms with Gasteiger partial charge in [0.2, 0.25) is 0 Å². The molecule has 2 aliphatic rings. The average Bonchev–Trinajstić information content (AvgIpc) is 3.20. The predicted octanol–water partition coefficient (Wildman–Crippen LogP) is 3.14. The summed E-state index contributed by atoms with van der Waals surface area (Å²) in [4.78, 5) is 65.4. The molecule has 0 unspecified atom stereocenters. The fraction of sp³-hybridized carbons (Fsp3) is 0.414. The van der Waals surface area contributed by atoms with E-state index >= 15 is 0 Å². The number of nitrogens with one attached hydrogen (secondary N) is 1. The van der Waals surface area contributed by atoms with Crippen LogP contribution in [0.1, 0.15) is 67.6 Å². The van der Waals surface area contributed by atoms with Crippen LogP contribution in [0.25, 0.3) is 0 Å². The number of amides is 4. The van der Waals surface area contributed by atoms with Crippen molar-refractivity contribution in [2.75, 3.05) is 46.5 Å². The maximum atomic E-state index is 13.2. The molecule has 0 radical (unpaired) electrons. The molecule has 2 aromatic rings. The number of fused-ring (bicyclic) bond motifs is 1. The van der Waals surface area contributed by atoms with E-state index in [2.05, 4.69) is 5.32 Å². The van der Waals surface area contributed by atoms with Crippen molar-refractivity contribution in [1.29, 1.82) is 0 Å². The highest BCUT2D eigenvalue weighted by atomic mass is 16.7. The number of rotatable bonds is 10. The lowest BCUT2D eigenvalue weighted by Crippen LogP contribution is -2.41. The zero-order valence-corrected chi connectivity index (χ0v) is 22.6. The number of ether oxygens (including phenoxy) is 3. The van der Waals surface area contributed by atoms with Crippen molar-refractivity contribution in [3.63, 3.8) is 0 Å². The van der Waals surface area contributed by atoms with E-state index in [1.165, 1.54) is 23.1 Å². The molecule has 1 fully saturated rings. The van der Waals surface area contributed by atoms with Crippen molar-refractivity contribution < 1.29 is 38.2 Å². The van der Waals surface area contributed by atoms with E-state index in [1.807, 2.05) is 0 Å². The van der Waals surface area contributed by atoms with Crippen LogP contribution in [0.4, 0.5) is 4.79 Å². The Morgan fingerprint density at radius 1 is 0.950 bits per heavy atom. The van der Waals surface area contributed by atoms with E-state index in [-0.39, 0.29) is 54.0 Å². The highest BCUT2D eigenvalue weighted by molar-refractivity contribution is 6.22. The van der Waals surface area contributed by atoms with E-state index in [1.54, 1.807) is 43.2 Å². The molecular formula is C29H33N3O8. The number of carbonyl (C=O) groups excluding carboxylic acids is 5. The van der Waals surface area contributed by atoms with Gasteiger partial charge in [-0.25, -0.2) is 4.79 Å². The summed E-state index contributed by atoms with van der Waals surface area (Å²) in [7, 11) is 1.56. The number of piperidine rings is 1. The third-order valence-corrected chi connectivity index (χ3v) is 6.98. The maximum absolute atomic E-state index is 13.2. The number of hydrogen-bond donors (Lipinski definition) is 1. The number of imide groups is 1. The average molecular weight is 552 g/mol. The maximum Gasteiger partial charge on any atom is 0.513 e.